The van der Waals surface area contributed by atoms with Gasteiger partial charge in [-0.2, -0.15) is 0 Å². The van der Waals surface area contributed by atoms with Crippen molar-refractivity contribution in [1.82, 2.24) is 0 Å². The van der Waals surface area contributed by atoms with E-state index in [-0.39, 0.29) is 42.2 Å². The number of ether oxygens (including phenoxy) is 2. The quantitative estimate of drug-likeness (QED) is 0.578. The lowest BCUT2D eigenvalue weighted by molar-refractivity contribution is -0.144. The molecule has 0 aromatic heterocycles. The third kappa shape index (κ3) is 2.77. The van der Waals surface area contributed by atoms with Crippen LogP contribution in [0, 0.1) is 11.8 Å². The number of ketones is 2. The molecule has 1 fully saturated rings. The number of Topliss-reactive ketones (excluding diaryl/α,β-unsaturated/α-hetero) is 2. The molecule has 3 rings (SSSR count). The molecule has 6 heteroatoms. The number of benzene rings is 1. The molecule has 5 nitrogen and oxygen atoms in total. The first-order valence-corrected chi connectivity index (χ1v) is 8.86. The zero-order valence-electron chi connectivity index (χ0n) is 13.6. The molecule has 0 unspecified atom stereocenters. The van der Waals surface area contributed by atoms with E-state index < -0.39 is 5.92 Å². The Balaban J connectivity index is 1.94. The summed E-state index contributed by atoms with van der Waals surface area (Å²) >= 11 is 3.51. The second kappa shape index (κ2) is 6.67. The summed E-state index contributed by atoms with van der Waals surface area (Å²) in [6, 6.07) is 3.57. The van der Waals surface area contributed by atoms with Gasteiger partial charge in [0.2, 0.25) is 0 Å². The van der Waals surface area contributed by atoms with Gasteiger partial charge >= 0.3 is 5.97 Å². The Hall–Kier alpha value is -1.69. The van der Waals surface area contributed by atoms with Gasteiger partial charge in [0, 0.05) is 23.2 Å². The molecule has 2 aliphatic carbocycles. The number of carbonyl (C=O) groups is 3. The van der Waals surface area contributed by atoms with E-state index in [2.05, 4.69) is 15.9 Å². The van der Waals surface area contributed by atoms with Crippen molar-refractivity contribution in [3.8, 4) is 5.75 Å². The Morgan fingerprint density at radius 3 is 2.75 bits per heavy atom. The van der Waals surface area contributed by atoms with Gasteiger partial charge in [0.25, 0.3) is 0 Å². The van der Waals surface area contributed by atoms with Crippen molar-refractivity contribution in [3.05, 3.63) is 27.7 Å². The van der Waals surface area contributed by atoms with Crippen LogP contribution in [0.3, 0.4) is 0 Å². The molecule has 0 heterocycles. The zero-order valence-corrected chi connectivity index (χ0v) is 15.2. The minimum absolute atomic E-state index is 0.0873. The average Bonchev–Trinajstić information content (AvgIpc) is 2.83. The molecular formula is C18H19BrO5. The maximum Gasteiger partial charge on any atom is 0.306 e. The van der Waals surface area contributed by atoms with Crippen molar-refractivity contribution in [2.24, 2.45) is 11.8 Å². The predicted molar refractivity (Wildman–Crippen MR) is 90.2 cm³/mol. The molecule has 128 valence electrons. The second-order valence-corrected chi connectivity index (χ2v) is 7.12. The van der Waals surface area contributed by atoms with Gasteiger partial charge in [-0.25, -0.2) is 0 Å². The number of halogens is 1. The summed E-state index contributed by atoms with van der Waals surface area (Å²) < 4.78 is 11.1. The summed E-state index contributed by atoms with van der Waals surface area (Å²) in [5.41, 5.74) is 1.35. The number of rotatable bonds is 4. The Kier molecular flexibility index (Phi) is 4.76. The van der Waals surface area contributed by atoms with E-state index in [9.17, 15) is 14.4 Å². The first-order valence-electron chi connectivity index (χ1n) is 8.06. The van der Waals surface area contributed by atoms with Crippen LogP contribution in [-0.2, 0) is 14.3 Å². The Morgan fingerprint density at radius 2 is 2.08 bits per heavy atom. The monoisotopic (exact) mass is 394 g/mol. The van der Waals surface area contributed by atoms with Crippen LogP contribution in [0.15, 0.2) is 16.6 Å². The molecule has 0 spiro atoms. The van der Waals surface area contributed by atoms with Gasteiger partial charge in [0.15, 0.2) is 5.78 Å². The summed E-state index contributed by atoms with van der Waals surface area (Å²) in [7, 11) is 1.52. The van der Waals surface area contributed by atoms with Crippen molar-refractivity contribution >= 4 is 33.5 Å². The van der Waals surface area contributed by atoms with Gasteiger partial charge in [0.1, 0.15) is 11.5 Å². The van der Waals surface area contributed by atoms with Gasteiger partial charge in [-0.05, 0) is 37.0 Å². The molecule has 1 aromatic carbocycles. The van der Waals surface area contributed by atoms with E-state index in [4.69, 9.17) is 9.47 Å². The minimum Gasteiger partial charge on any atom is -0.496 e. The van der Waals surface area contributed by atoms with Crippen molar-refractivity contribution in [2.75, 3.05) is 13.7 Å². The van der Waals surface area contributed by atoms with Crippen molar-refractivity contribution in [2.45, 2.75) is 32.1 Å². The third-order valence-electron chi connectivity index (χ3n) is 4.86. The number of hydrogen-bond acceptors (Lipinski definition) is 5. The summed E-state index contributed by atoms with van der Waals surface area (Å²) in [5.74, 6) is -0.966. The van der Waals surface area contributed by atoms with Crippen LogP contribution in [0.2, 0.25) is 0 Å². The lowest BCUT2D eigenvalue weighted by atomic mass is 9.72. The molecule has 24 heavy (non-hydrogen) atoms. The largest absolute Gasteiger partial charge is 0.496 e. The smallest absolute Gasteiger partial charge is 0.306 e. The van der Waals surface area contributed by atoms with Crippen molar-refractivity contribution in [1.29, 1.82) is 0 Å². The van der Waals surface area contributed by atoms with Gasteiger partial charge in [-0.1, -0.05) is 15.9 Å². The van der Waals surface area contributed by atoms with Crippen LogP contribution in [0.4, 0.5) is 0 Å². The maximum absolute atomic E-state index is 12.8. The molecule has 2 aliphatic rings. The van der Waals surface area contributed by atoms with E-state index in [1.165, 1.54) is 7.11 Å². The van der Waals surface area contributed by atoms with E-state index in [1.54, 1.807) is 13.0 Å². The molecule has 1 saturated carbocycles. The molecule has 0 radical (unpaired) electrons. The average molecular weight is 395 g/mol. The highest BCUT2D eigenvalue weighted by Gasteiger charge is 2.50. The van der Waals surface area contributed by atoms with Crippen LogP contribution < -0.4 is 4.74 Å². The summed E-state index contributed by atoms with van der Waals surface area (Å²) in [6.45, 7) is 2.09. The number of esters is 1. The van der Waals surface area contributed by atoms with Crippen LogP contribution in [0.25, 0.3) is 0 Å². The topological polar surface area (TPSA) is 69.7 Å². The van der Waals surface area contributed by atoms with Gasteiger partial charge in [-0.3, -0.25) is 14.4 Å². The molecule has 0 aliphatic heterocycles. The second-order valence-electron chi connectivity index (χ2n) is 6.27. The fraction of sp³-hybridized carbons (Fsp3) is 0.500. The fourth-order valence-electron chi connectivity index (χ4n) is 3.96. The van der Waals surface area contributed by atoms with E-state index >= 15 is 0 Å². The van der Waals surface area contributed by atoms with Crippen LogP contribution in [-0.4, -0.2) is 31.3 Å². The maximum atomic E-state index is 12.8. The lowest BCUT2D eigenvalue weighted by Crippen LogP contribution is -2.33. The fourth-order valence-corrected chi connectivity index (χ4v) is 4.58. The molecule has 0 N–H and O–H groups in total. The number of hydrogen-bond donors (Lipinski definition) is 0. The van der Waals surface area contributed by atoms with Crippen LogP contribution >= 0.6 is 15.9 Å². The molecule has 0 saturated heterocycles. The van der Waals surface area contributed by atoms with Crippen LogP contribution in [0.1, 0.15) is 48.0 Å². The molecule has 0 bridgehead atoms. The highest BCUT2D eigenvalue weighted by Crippen LogP contribution is 2.52. The summed E-state index contributed by atoms with van der Waals surface area (Å²) in [4.78, 5) is 37.1. The third-order valence-corrected chi connectivity index (χ3v) is 5.55. The predicted octanol–water partition coefficient (Wildman–Crippen LogP) is 3.29. The van der Waals surface area contributed by atoms with Gasteiger partial charge in [-0.15, -0.1) is 0 Å². The first-order chi connectivity index (χ1) is 11.5. The molecule has 1 aromatic rings. The molecule has 3 atom stereocenters. The Labute approximate surface area is 148 Å². The molecular weight excluding hydrogens is 376 g/mol. The van der Waals surface area contributed by atoms with E-state index in [0.717, 1.165) is 10.0 Å². The normalized spacial score (nSPS) is 25.2. The Morgan fingerprint density at radius 1 is 1.33 bits per heavy atom. The number of methoxy groups -OCH3 is 1. The summed E-state index contributed by atoms with van der Waals surface area (Å²) in [5, 5.41) is 0. The van der Waals surface area contributed by atoms with Gasteiger partial charge in [0.05, 0.1) is 25.2 Å². The van der Waals surface area contributed by atoms with Crippen LogP contribution in [0.5, 0.6) is 5.75 Å². The Bertz CT molecular complexity index is 712. The molecule has 0 amide bonds. The first kappa shape index (κ1) is 17.1. The van der Waals surface area contributed by atoms with E-state index in [1.807, 2.05) is 6.07 Å². The standard InChI is InChI=1S/C18H19BrO5/c1-3-24-14(21)8-9-6-10-15-11(19)4-5-13(23-2)17(15)18(22)16(10)12(20)7-9/h4-5,9-10,16H,3,6-8H2,1-2H3/t9-,10+,16-/m0/s1. The zero-order chi connectivity index (χ0) is 17.4. The highest BCUT2D eigenvalue weighted by atomic mass is 79.9. The number of fused-ring (bicyclic) bond motifs is 3. The van der Waals surface area contributed by atoms with Gasteiger partial charge < -0.3 is 9.47 Å². The number of carbonyl (C=O) groups excluding carboxylic acids is 3. The minimum atomic E-state index is -0.647. The van der Waals surface area contributed by atoms with E-state index in [0.29, 0.717) is 24.3 Å². The lowest BCUT2D eigenvalue weighted by Gasteiger charge is -2.30. The highest BCUT2D eigenvalue weighted by molar-refractivity contribution is 9.10. The van der Waals surface area contributed by atoms with Crippen molar-refractivity contribution < 1.29 is 23.9 Å². The summed E-state index contributed by atoms with van der Waals surface area (Å²) in [6.07, 6.45) is 1.09. The van der Waals surface area contributed by atoms with Crippen molar-refractivity contribution in [3.63, 3.8) is 0 Å². The SMILES string of the molecule is CCOC(=O)C[C@@H]1CC(=O)[C@H]2C(=O)c3c(OC)ccc(Br)c3[C@H]2C1.